The molecule has 0 aliphatic carbocycles. The second-order valence-electron chi connectivity index (χ2n) is 3.70. The lowest BCUT2D eigenvalue weighted by Crippen LogP contribution is -1.83. The first kappa shape index (κ1) is 10.4. The molecule has 0 saturated heterocycles. The summed E-state index contributed by atoms with van der Waals surface area (Å²) < 4.78 is 0. The van der Waals surface area contributed by atoms with Crippen molar-refractivity contribution in [2.75, 3.05) is 0 Å². The minimum absolute atomic E-state index is 0.00583. The molecular weight excluding hydrogens is 204 g/mol. The molecule has 0 aliphatic heterocycles. The SMILES string of the molecule is Cc1ccc(O)cc1-c1ccc(O)cc1O. The van der Waals surface area contributed by atoms with Crippen molar-refractivity contribution in [2.45, 2.75) is 6.92 Å². The van der Waals surface area contributed by atoms with Gasteiger partial charge in [0, 0.05) is 11.6 Å². The molecule has 3 N–H and O–H groups in total. The van der Waals surface area contributed by atoms with Crippen molar-refractivity contribution in [3.8, 4) is 28.4 Å². The van der Waals surface area contributed by atoms with E-state index in [1.165, 1.54) is 12.1 Å². The molecule has 0 aliphatic rings. The third-order valence-electron chi connectivity index (χ3n) is 2.49. The highest BCUT2D eigenvalue weighted by molar-refractivity contribution is 5.74. The summed E-state index contributed by atoms with van der Waals surface area (Å²) in [5.41, 5.74) is 2.28. The van der Waals surface area contributed by atoms with Gasteiger partial charge < -0.3 is 15.3 Å². The Morgan fingerprint density at radius 3 is 2.06 bits per heavy atom. The molecule has 0 atom stereocenters. The Labute approximate surface area is 93.2 Å². The van der Waals surface area contributed by atoms with E-state index in [4.69, 9.17) is 0 Å². The lowest BCUT2D eigenvalue weighted by molar-refractivity contribution is 0.452. The highest BCUT2D eigenvalue weighted by atomic mass is 16.3. The van der Waals surface area contributed by atoms with Crippen LogP contribution in [0, 0.1) is 6.92 Å². The zero-order valence-corrected chi connectivity index (χ0v) is 8.81. The molecule has 0 spiro atoms. The van der Waals surface area contributed by atoms with Gasteiger partial charge in [-0.1, -0.05) is 6.07 Å². The second kappa shape index (κ2) is 3.77. The van der Waals surface area contributed by atoms with Gasteiger partial charge in [-0.3, -0.25) is 0 Å². The number of phenolic OH excluding ortho intramolecular Hbond substituents is 3. The Bertz CT molecular complexity index is 533. The molecule has 16 heavy (non-hydrogen) atoms. The molecule has 0 radical (unpaired) electrons. The van der Waals surface area contributed by atoms with Crippen molar-refractivity contribution < 1.29 is 15.3 Å². The molecule has 3 heteroatoms. The number of benzene rings is 2. The Kier molecular flexibility index (Phi) is 2.44. The van der Waals surface area contributed by atoms with Crippen LogP contribution < -0.4 is 0 Å². The molecule has 2 aromatic rings. The number of aromatic hydroxyl groups is 3. The fraction of sp³-hybridized carbons (Fsp3) is 0.0769. The molecule has 0 aromatic heterocycles. The van der Waals surface area contributed by atoms with Crippen LogP contribution >= 0.6 is 0 Å². The van der Waals surface area contributed by atoms with Crippen LogP contribution in [0.2, 0.25) is 0 Å². The number of rotatable bonds is 1. The van der Waals surface area contributed by atoms with Gasteiger partial charge in [0.25, 0.3) is 0 Å². The number of aryl methyl sites for hydroxylation is 1. The molecule has 2 rings (SSSR count). The Hall–Kier alpha value is -2.16. The van der Waals surface area contributed by atoms with E-state index in [0.29, 0.717) is 5.56 Å². The van der Waals surface area contributed by atoms with Crippen molar-refractivity contribution in [2.24, 2.45) is 0 Å². The summed E-state index contributed by atoms with van der Waals surface area (Å²) >= 11 is 0. The maximum atomic E-state index is 9.72. The zero-order chi connectivity index (χ0) is 11.7. The number of phenols is 3. The first-order valence-corrected chi connectivity index (χ1v) is 4.90. The van der Waals surface area contributed by atoms with Gasteiger partial charge >= 0.3 is 0 Å². The van der Waals surface area contributed by atoms with Crippen LogP contribution in [-0.2, 0) is 0 Å². The van der Waals surface area contributed by atoms with E-state index < -0.39 is 0 Å². The van der Waals surface area contributed by atoms with Crippen molar-refractivity contribution >= 4 is 0 Å². The van der Waals surface area contributed by atoms with Crippen LogP contribution in [0.1, 0.15) is 5.56 Å². The lowest BCUT2D eigenvalue weighted by atomic mass is 9.99. The summed E-state index contributed by atoms with van der Waals surface area (Å²) in [4.78, 5) is 0. The standard InChI is InChI=1S/C13H12O3/c1-8-2-3-9(14)6-12(8)11-5-4-10(15)7-13(11)16/h2-7,14-16H,1H3. The lowest BCUT2D eigenvalue weighted by Gasteiger charge is -2.09. The summed E-state index contributed by atoms with van der Waals surface area (Å²) in [6.45, 7) is 1.89. The molecule has 0 heterocycles. The van der Waals surface area contributed by atoms with Gasteiger partial charge in [0.15, 0.2) is 0 Å². The fourth-order valence-electron chi connectivity index (χ4n) is 1.65. The highest BCUT2D eigenvalue weighted by Gasteiger charge is 2.08. The first-order chi connectivity index (χ1) is 7.58. The predicted octanol–water partition coefficient (Wildman–Crippen LogP) is 2.78. The van der Waals surface area contributed by atoms with Gasteiger partial charge in [0.1, 0.15) is 17.2 Å². The van der Waals surface area contributed by atoms with Crippen LogP contribution in [0.25, 0.3) is 11.1 Å². The molecule has 82 valence electrons. The largest absolute Gasteiger partial charge is 0.508 e. The monoisotopic (exact) mass is 216 g/mol. The van der Waals surface area contributed by atoms with E-state index in [2.05, 4.69) is 0 Å². The predicted molar refractivity (Wildman–Crippen MR) is 61.6 cm³/mol. The number of hydrogen-bond acceptors (Lipinski definition) is 3. The summed E-state index contributed by atoms with van der Waals surface area (Å²) in [6.07, 6.45) is 0. The first-order valence-electron chi connectivity index (χ1n) is 4.90. The smallest absolute Gasteiger partial charge is 0.127 e. The zero-order valence-electron chi connectivity index (χ0n) is 8.81. The molecule has 0 unspecified atom stereocenters. The van der Waals surface area contributed by atoms with Crippen molar-refractivity contribution in [1.29, 1.82) is 0 Å². The van der Waals surface area contributed by atoms with Crippen LogP contribution in [0.15, 0.2) is 36.4 Å². The van der Waals surface area contributed by atoms with Gasteiger partial charge in [-0.2, -0.15) is 0 Å². The van der Waals surface area contributed by atoms with Crippen LogP contribution in [0.3, 0.4) is 0 Å². The third kappa shape index (κ3) is 1.80. The van der Waals surface area contributed by atoms with Crippen LogP contribution in [-0.4, -0.2) is 15.3 Å². The minimum Gasteiger partial charge on any atom is -0.508 e. The average Bonchev–Trinajstić information content (AvgIpc) is 2.22. The summed E-state index contributed by atoms with van der Waals surface area (Å²) in [6, 6.07) is 9.35. The van der Waals surface area contributed by atoms with Gasteiger partial charge in [0.2, 0.25) is 0 Å². The third-order valence-corrected chi connectivity index (χ3v) is 2.49. The summed E-state index contributed by atoms with van der Waals surface area (Å²) in [5, 5.41) is 28.3. The average molecular weight is 216 g/mol. The van der Waals surface area contributed by atoms with Crippen LogP contribution in [0.5, 0.6) is 17.2 Å². The Balaban J connectivity index is 2.62. The Morgan fingerprint density at radius 2 is 1.38 bits per heavy atom. The van der Waals surface area contributed by atoms with Gasteiger partial charge in [-0.05, 0) is 42.3 Å². The number of hydrogen-bond donors (Lipinski definition) is 3. The highest BCUT2D eigenvalue weighted by Crippen LogP contribution is 2.35. The normalized spacial score (nSPS) is 10.3. The quantitative estimate of drug-likeness (QED) is 0.686. The van der Waals surface area contributed by atoms with Gasteiger partial charge in [0.05, 0.1) is 0 Å². The molecule has 0 amide bonds. The van der Waals surface area contributed by atoms with E-state index in [-0.39, 0.29) is 17.2 Å². The van der Waals surface area contributed by atoms with Gasteiger partial charge in [-0.15, -0.1) is 0 Å². The maximum Gasteiger partial charge on any atom is 0.127 e. The van der Waals surface area contributed by atoms with E-state index in [0.717, 1.165) is 11.1 Å². The van der Waals surface area contributed by atoms with Crippen molar-refractivity contribution in [3.63, 3.8) is 0 Å². The van der Waals surface area contributed by atoms with Crippen molar-refractivity contribution in [1.82, 2.24) is 0 Å². The maximum absolute atomic E-state index is 9.72. The van der Waals surface area contributed by atoms with Gasteiger partial charge in [-0.25, -0.2) is 0 Å². The van der Waals surface area contributed by atoms with E-state index in [1.54, 1.807) is 24.3 Å². The summed E-state index contributed by atoms with van der Waals surface area (Å²) in [7, 11) is 0. The molecule has 2 aromatic carbocycles. The van der Waals surface area contributed by atoms with Crippen LogP contribution in [0.4, 0.5) is 0 Å². The molecule has 0 saturated carbocycles. The molecule has 0 fully saturated rings. The Morgan fingerprint density at radius 1 is 0.750 bits per heavy atom. The summed E-state index contributed by atoms with van der Waals surface area (Å²) in [5.74, 6) is 0.154. The molecule has 0 bridgehead atoms. The fourth-order valence-corrected chi connectivity index (χ4v) is 1.65. The molecule has 3 nitrogen and oxygen atoms in total. The second-order valence-corrected chi connectivity index (χ2v) is 3.70. The van der Waals surface area contributed by atoms with E-state index in [1.807, 2.05) is 6.92 Å². The van der Waals surface area contributed by atoms with E-state index >= 15 is 0 Å². The minimum atomic E-state index is -0.00583. The topological polar surface area (TPSA) is 60.7 Å². The molecular formula is C13H12O3. The van der Waals surface area contributed by atoms with E-state index in [9.17, 15) is 15.3 Å². The van der Waals surface area contributed by atoms with Crippen molar-refractivity contribution in [3.05, 3.63) is 42.0 Å².